The van der Waals surface area contributed by atoms with E-state index < -0.39 is 0 Å². The van der Waals surface area contributed by atoms with Gasteiger partial charge in [-0.3, -0.25) is 0 Å². The highest BCUT2D eigenvalue weighted by Crippen LogP contribution is 2.48. The number of benzene rings is 1. The van der Waals surface area contributed by atoms with Crippen molar-refractivity contribution in [2.75, 3.05) is 6.61 Å². The Labute approximate surface area is 117 Å². The highest BCUT2D eigenvalue weighted by molar-refractivity contribution is 5.30. The van der Waals surface area contributed by atoms with Crippen molar-refractivity contribution in [3.63, 3.8) is 0 Å². The largest absolute Gasteiger partial charge is 0.494 e. The van der Waals surface area contributed by atoms with Gasteiger partial charge < -0.3 is 10.5 Å². The van der Waals surface area contributed by atoms with Gasteiger partial charge in [0, 0.05) is 6.04 Å². The molecule has 2 heteroatoms. The molecule has 0 saturated heterocycles. The van der Waals surface area contributed by atoms with Crippen LogP contribution in [0.25, 0.3) is 0 Å². The number of nitrogens with two attached hydrogens (primary N) is 1. The van der Waals surface area contributed by atoms with E-state index in [9.17, 15) is 0 Å². The Hall–Kier alpha value is -1.02. The van der Waals surface area contributed by atoms with Gasteiger partial charge in [-0.25, -0.2) is 0 Å². The highest BCUT2D eigenvalue weighted by Gasteiger charge is 2.38. The Morgan fingerprint density at radius 2 is 1.79 bits per heavy atom. The summed E-state index contributed by atoms with van der Waals surface area (Å²) in [4.78, 5) is 0. The fourth-order valence-corrected chi connectivity index (χ4v) is 3.31. The van der Waals surface area contributed by atoms with Gasteiger partial charge in [0.25, 0.3) is 0 Å². The van der Waals surface area contributed by atoms with Crippen LogP contribution < -0.4 is 10.5 Å². The fourth-order valence-electron chi connectivity index (χ4n) is 3.31. The molecule has 2 N–H and O–H groups in total. The van der Waals surface area contributed by atoms with Gasteiger partial charge in [0.1, 0.15) is 5.75 Å². The Kier molecular flexibility index (Phi) is 4.87. The maximum atomic E-state index is 6.56. The lowest BCUT2D eigenvalue weighted by atomic mass is 9.74. The molecule has 1 saturated carbocycles. The smallest absolute Gasteiger partial charge is 0.119 e. The normalized spacial score (nSPS) is 19.3. The molecule has 0 heterocycles. The van der Waals surface area contributed by atoms with E-state index >= 15 is 0 Å². The van der Waals surface area contributed by atoms with Crippen LogP contribution in [0.15, 0.2) is 24.3 Å². The maximum absolute atomic E-state index is 6.56. The highest BCUT2D eigenvalue weighted by atomic mass is 16.5. The molecular weight excluding hydrogens is 234 g/mol. The SMILES string of the molecule is CCCOc1ccc(C(N)C2(CC)CCCC2)cc1. The van der Waals surface area contributed by atoms with Crippen molar-refractivity contribution in [1.82, 2.24) is 0 Å². The second-order valence-corrected chi connectivity index (χ2v) is 5.82. The standard InChI is InChI=1S/C17H27NO/c1-3-13-19-15-9-7-14(8-10-15)16(18)17(4-2)11-5-6-12-17/h7-10,16H,3-6,11-13,18H2,1-2H3. The summed E-state index contributed by atoms with van der Waals surface area (Å²) in [5.41, 5.74) is 8.14. The molecule has 0 bridgehead atoms. The zero-order valence-corrected chi connectivity index (χ0v) is 12.3. The van der Waals surface area contributed by atoms with Crippen LogP contribution in [0.4, 0.5) is 0 Å². The fraction of sp³-hybridized carbons (Fsp3) is 0.647. The van der Waals surface area contributed by atoms with Crippen molar-refractivity contribution in [2.24, 2.45) is 11.1 Å². The summed E-state index contributed by atoms with van der Waals surface area (Å²) in [5.74, 6) is 0.953. The Morgan fingerprint density at radius 1 is 1.16 bits per heavy atom. The first kappa shape index (κ1) is 14.4. The predicted molar refractivity (Wildman–Crippen MR) is 80.3 cm³/mol. The van der Waals surface area contributed by atoms with Crippen molar-refractivity contribution < 1.29 is 4.74 Å². The van der Waals surface area contributed by atoms with Gasteiger partial charge in [0.15, 0.2) is 0 Å². The molecule has 0 spiro atoms. The summed E-state index contributed by atoms with van der Waals surface area (Å²) in [6.07, 6.45) is 7.44. The molecule has 1 aromatic carbocycles. The van der Waals surface area contributed by atoms with E-state index in [1.54, 1.807) is 0 Å². The third-order valence-electron chi connectivity index (χ3n) is 4.68. The summed E-state index contributed by atoms with van der Waals surface area (Å²) in [6.45, 7) is 5.18. The predicted octanol–water partition coefficient (Wildman–Crippen LogP) is 4.45. The molecule has 1 fully saturated rings. The van der Waals surface area contributed by atoms with Crippen LogP contribution >= 0.6 is 0 Å². The molecule has 2 rings (SSSR count). The van der Waals surface area contributed by atoms with Crippen LogP contribution in [0.3, 0.4) is 0 Å². The summed E-state index contributed by atoms with van der Waals surface area (Å²) in [6, 6.07) is 8.57. The average molecular weight is 261 g/mol. The molecular formula is C17H27NO. The summed E-state index contributed by atoms with van der Waals surface area (Å²) in [7, 11) is 0. The lowest BCUT2D eigenvalue weighted by Gasteiger charge is -2.34. The van der Waals surface area contributed by atoms with Crippen molar-refractivity contribution in [2.45, 2.75) is 58.4 Å². The van der Waals surface area contributed by atoms with Gasteiger partial charge in [-0.1, -0.05) is 38.8 Å². The van der Waals surface area contributed by atoms with Crippen LogP contribution in [0, 0.1) is 5.41 Å². The van der Waals surface area contributed by atoms with E-state index in [1.807, 2.05) is 0 Å². The Balaban J connectivity index is 2.08. The molecule has 0 aromatic heterocycles. The first-order valence-electron chi connectivity index (χ1n) is 7.70. The molecule has 1 aliphatic rings. The topological polar surface area (TPSA) is 35.2 Å². The van der Waals surface area contributed by atoms with E-state index in [1.165, 1.54) is 37.7 Å². The summed E-state index contributed by atoms with van der Waals surface area (Å²) < 4.78 is 5.63. The monoisotopic (exact) mass is 261 g/mol. The number of ether oxygens (including phenoxy) is 1. The van der Waals surface area contributed by atoms with Crippen LogP contribution in [0.1, 0.15) is 64.0 Å². The van der Waals surface area contributed by atoms with Gasteiger partial charge in [0.2, 0.25) is 0 Å². The third kappa shape index (κ3) is 3.11. The molecule has 19 heavy (non-hydrogen) atoms. The van der Waals surface area contributed by atoms with Crippen molar-refractivity contribution in [1.29, 1.82) is 0 Å². The second-order valence-electron chi connectivity index (χ2n) is 5.82. The average Bonchev–Trinajstić information content (AvgIpc) is 2.95. The maximum Gasteiger partial charge on any atom is 0.119 e. The van der Waals surface area contributed by atoms with E-state index in [2.05, 4.69) is 38.1 Å². The van der Waals surface area contributed by atoms with Gasteiger partial charge in [-0.2, -0.15) is 0 Å². The number of hydrogen-bond donors (Lipinski definition) is 1. The molecule has 106 valence electrons. The molecule has 1 aromatic rings. The second kappa shape index (κ2) is 6.42. The minimum atomic E-state index is 0.167. The first-order chi connectivity index (χ1) is 9.22. The van der Waals surface area contributed by atoms with Gasteiger partial charge in [0.05, 0.1) is 6.61 Å². The van der Waals surface area contributed by atoms with Crippen molar-refractivity contribution in [3.8, 4) is 5.75 Å². The first-order valence-corrected chi connectivity index (χ1v) is 7.70. The molecule has 2 nitrogen and oxygen atoms in total. The zero-order valence-electron chi connectivity index (χ0n) is 12.3. The molecule has 1 unspecified atom stereocenters. The van der Waals surface area contributed by atoms with Crippen LogP contribution in [-0.2, 0) is 0 Å². The van der Waals surface area contributed by atoms with Crippen LogP contribution in [-0.4, -0.2) is 6.61 Å². The lowest BCUT2D eigenvalue weighted by molar-refractivity contribution is 0.222. The van der Waals surface area contributed by atoms with Crippen LogP contribution in [0.2, 0.25) is 0 Å². The van der Waals surface area contributed by atoms with Gasteiger partial charge in [-0.05, 0) is 48.8 Å². The van der Waals surface area contributed by atoms with E-state index in [0.29, 0.717) is 5.41 Å². The van der Waals surface area contributed by atoms with E-state index in [0.717, 1.165) is 18.8 Å². The number of rotatable bonds is 6. The lowest BCUT2D eigenvalue weighted by Crippen LogP contribution is -2.31. The van der Waals surface area contributed by atoms with Crippen LogP contribution in [0.5, 0.6) is 5.75 Å². The van der Waals surface area contributed by atoms with Crippen molar-refractivity contribution in [3.05, 3.63) is 29.8 Å². The number of hydrogen-bond acceptors (Lipinski definition) is 2. The molecule has 0 radical (unpaired) electrons. The minimum Gasteiger partial charge on any atom is -0.494 e. The van der Waals surface area contributed by atoms with Gasteiger partial charge >= 0.3 is 0 Å². The van der Waals surface area contributed by atoms with E-state index in [-0.39, 0.29) is 6.04 Å². The Bertz CT molecular complexity index is 379. The third-order valence-corrected chi connectivity index (χ3v) is 4.68. The van der Waals surface area contributed by atoms with Gasteiger partial charge in [-0.15, -0.1) is 0 Å². The zero-order chi connectivity index (χ0) is 13.7. The molecule has 1 atom stereocenters. The molecule has 0 aliphatic heterocycles. The van der Waals surface area contributed by atoms with E-state index in [4.69, 9.17) is 10.5 Å². The molecule has 1 aliphatic carbocycles. The summed E-state index contributed by atoms with van der Waals surface area (Å²) in [5, 5.41) is 0. The van der Waals surface area contributed by atoms with Crippen molar-refractivity contribution >= 4 is 0 Å². The quantitative estimate of drug-likeness (QED) is 0.821. The Morgan fingerprint density at radius 3 is 2.32 bits per heavy atom. The summed E-state index contributed by atoms with van der Waals surface area (Å²) >= 11 is 0. The molecule has 0 amide bonds. The minimum absolute atomic E-state index is 0.167.